The number of fused-ring (bicyclic) bond motifs is 1. The van der Waals surface area contributed by atoms with Crippen LogP contribution >= 0.6 is 0 Å². The van der Waals surface area contributed by atoms with Crippen LogP contribution in [0.15, 0.2) is 54.6 Å². The lowest BCUT2D eigenvalue weighted by Crippen LogP contribution is -2.60. The smallest absolute Gasteiger partial charge is 0.263 e. The lowest BCUT2D eigenvalue weighted by Gasteiger charge is -2.42. The molecule has 3 unspecified atom stereocenters. The summed E-state index contributed by atoms with van der Waals surface area (Å²) in [5.74, 6) is -1.13. The van der Waals surface area contributed by atoms with E-state index in [1.54, 1.807) is 48.5 Å². The third-order valence-corrected chi connectivity index (χ3v) is 5.16. The van der Waals surface area contributed by atoms with Crippen molar-refractivity contribution in [2.24, 2.45) is 0 Å². The summed E-state index contributed by atoms with van der Waals surface area (Å²) in [4.78, 5) is 42.6. The van der Waals surface area contributed by atoms with Crippen molar-refractivity contribution in [3.05, 3.63) is 71.3 Å². The number of carbonyl (C=O) groups is 3. The van der Waals surface area contributed by atoms with Crippen molar-refractivity contribution >= 4 is 17.6 Å². The van der Waals surface area contributed by atoms with Gasteiger partial charge in [-0.3, -0.25) is 19.3 Å². The molecule has 144 valence electrons. The van der Waals surface area contributed by atoms with E-state index >= 15 is 0 Å². The highest BCUT2D eigenvalue weighted by Crippen LogP contribution is 2.29. The van der Waals surface area contributed by atoms with Crippen molar-refractivity contribution in [1.29, 1.82) is 0 Å². The molecule has 4 rings (SSSR count). The number of Topliss-reactive ketones (excluding diaryl/α,β-unsaturated/α-hetero) is 1. The summed E-state index contributed by atoms with van der Waals surface area (Å²) in [5, 5.41) is 0. The first-order chi connectivity index (χ1) is 13.5. The largest absolute Gasteiger partial charge is 0.373 e. The Kier molecular flexibility index (Phi) is 4.83. The maximum Gasteiger partial charge on any atom is 0.263 e. The standard InChI is InChI=1S/C22H22N2O4/c1-14-12-23(13-15(2)28-14)20(19(25)16-8-4-3-5-9-16)24-21(26)17-10-6-7-11-18(17)22(24)27/h3-11,14-15,20H,12-13H2,1-2H3. The molecule has 0 bridgehead atoms. The fourth-order valence-corrected chi connectivity index (χ4v) is 4.05. The summed E-state index contributed by atoms with van der Waals surface area (Å²) in [6.07, 6.45) is -1.21. The Bertz CT molecular complexity index is 882. The quantitative estimate of drug-likeness (QED) is 0.604. The lowest BCUT2D eigenvalue weighted by atomic mass is 10.1. The second-order valence-electron chi connectivity index (χ2n) is 7.34. The molecule has 0 N–H and O–H groups in total. The summed E-state index contributed by atoms with van der Waals surface area (Å²) in [5.41, 5.74) is 1.15. The minimum Gasteiger partial charge on any atom is -0.373 e. The number of hydrogen-bond acceptors (Lipinski definition) is 5. The summed E-state index contributed by atoms with van der Waals surface area (Å²) in [6, 6.07) is 15.5. The predicted molar refractivity (Wildman–Crippen MR) is 103 cm³/mol. The van der Waals surface area contributed by atoms with Gasteiger partial charge in [-0.05, 0) is 26.0 Å². The Morgan fingerprint density at radius 1 is 0.893 bits per heavy atom. The number of ether oxygens (including phenoxy) is 1. The number of rotatable bonds is 4. The highest BCUT2D eigenvalue weighted by atomic mass is 16.5. The zero-order chi connectivity index (χ0) is 19.8. The number of hydrogen-bond donors (Lipinski definition) is 0. The van der Waals surface area contributed by atoms with Gasteiger partial charge in [-0.15, -0.1) is 0 Å². The SMILES string of the molecule is CC1CN(C(C(=O)c2ccccc2)N2C(=O)c3ccccc3C2=O)CC(C)O1. The van der Waals surface area contributed by atoms with Crippen molar-refractivity contribution in [3.8, 4) is 0 Å². The van der Waals surface area contributed by atoms with E-state index in [9.17, 15) is 14.4 Å². The topological polar surface area (TPSA) is 66.9 Å². The molecule has 3 atom stereocenters. The van der Waals surface area contributed by atoms with Crippen molar-refractivity contribution < 1.29 is 19.1 Å². The highest BCUT2D eigenvalue weighted by molar-refractivity contribution is 6.23. The average molecular weight is 378 g/mol. The summed E-state index contributed by atoms with van der Waals surface area (Å²) >= 11 is 0. The van der Waals surface area contributed by atoms with Gasteiger partial charge in [0.15, 0.2) is 6.17 Å². The molecule has 28 heavy (non-hydrogen) atoms. The van der Waals surface area contributed by atoms with Crippen LogP contribution in [0.1, 0.15) is 44.9 Å². The zero-order valence-electron chi connectivity index (χ0n) is 15.9. The van der Waals surface area contributed by atoms with Crippen LogP contribution in [0.25, 0.3) is 0 Å². The fraction of sp³-hybridized carbons (Fsp3) is 0.318. The van der Waals surface area contributed by atoms with Gasteiger partial charge >= 0.3 is 0 Å². The predicted octanol–water partition coefficient (Wildman–Crippen LogP) is 2.60. The molecular formula is C22H22N2O4. The molecule has 0 aliphatic carbocycles. The third-order valence-electron chi connectivity index (χ3n) is 5.16. The Morgan fingerprint density at radius 3 is 1.93 bits per heavy atom. The van der Waals surface area contributed by atoms with Gasteiger partial charge in [0.2, 0.25) is 5.78 Å². The molecule has 6 nitrogen and oxygen atoms in total. The van der Waals surface area contributed by atoms with Gasteiger partial charge in [0.1, 0.15) is 0 Å². The zero-order valence-corrected chi connectivity index (χ0v) is 15.9. The molecule has 0 aromatic heterocycles. The summed E-state index contributed by atoms with van der Waals surface area (Å²) in [7, 11) is 0. The summed E-state index contributed by atoms with van der Waals surface area (Å²) < 4.78 is 5.79. The lowest BCUT2D eigenvalue weighted by molar-refractivity contribution is -0.0883. The van der Waals surface area contributed by atoms with Crippen LogP contribution in [0.3, 0.4) is 0 Å². The van der Waals surface area contributed by atoms with E-state index in [-0.39, 0.29) is 18.0 Å². The number of ketones is 1. The number of carbonyl (C=O) groups excluding carboxylic acids is 3. The molecule has 2 aliphatic rings. The van der Waals surface area contributed by atoms with Gasteiger partial charge in [0, 0.05) is 18.7 Å². The van der Waals surface area contributed by atoms with Crippen LogP contribution in [0.4, 0.5) is 0 Å². The molecule has 2 aromatic rings. The average Bonchev–Trinajstić information content (AvgIpc) is 2.94. The van der Waals surface area contributed by atoms with Crippen molar-refractivity contribution in [1.82, 2.24) is 9.80 Å². The monoisotopic (exact) mass is 378 g/mol. The van der Waals surface area contributed by atoms with Crippen LogP contribution in [0, 0.1) is 0 Å². The van der Waals surface area contributed by atoms with E-state index < -0.39 is 18.0 Å². The first-order valence-electron chi connectivity index (χ1n) is 9.43. The van der Waals surface area contributed by atoms with E-state index in [1.165, 1.54) is 0 Å². The molecule has 1 fully saturated rings. The minimum atomic E-state index is -0.997. The van der Waals surface area contributed by atoms with Crippen LogP contribution in [0.5, 0.6) is 0 Å². The third kappa shape index (κ3) is 3.15. The Hall–Kier alpha value is -2.83. The molecular weight excluding hydrogens is 356 g/mol. The normalized spacial score (nSPS) is 23.6. The summed E-state index contributed by atoms with van der Waals surface area (Å²) in [6.45, 7) is 4.77. The second kappa shape index (κ2) is 7.30. The van der Waals surface area contributed by atoms with Gasteiger partial charge in [-0.1, -0.05) is 42.5 Å². The highest BCUT2D eigenvalue weighted by Gasteiger charge is 2.46. The molecule has 6 heteroatoms. The number of nitrogens with zero attached hydrogens (tertiary/aromatic N) is 2. The molecule has 1 saturated heterocycles. The van der Waals surface area contributed by atoms with Gasteiger partial charge in [-0.25, -0.2) is 4.90 Å². The Balaban J connectivity index is 1.77. The van der Waals surface area contributed by atoms with Crippen molar-refractivity contribution in [3.63, 3.8) is 0 Å². The first-order valence-corrected chi connectivity index (χ1v) is 9.43. The van der Waals surface area contributed by atoms with Gasteiger partial charge in [0.25, 0.3) is 11.8 Å². The van der Waals surface area contributed by atoms with Crippen LogP contribution in [-0.4, -0.2) is 58.9 Å². The van der Waals surface area contributed by atoms with Crippen LogP contribution < -0.4 is 0 Å². The van der Waals surface area contributed by atoms with Gasteiger partial charge in [0.05, 0.1) is 23.3 Å². The number of imide groups is 1. The van der Waals surface area contributed by atoms with E-state index in [4.69, 9.17) is 4.74 Å². The maximum atomic E-state index is 13.5. The van der Waals surface area contributed by atoms with E-state index in [0.717, 1.165) is 4.90 Å². The molecule has 0 spiro atoms. The second-order valence-corrected chi connectivity index (χ2v) is 7.34. The van der Waals surface area contributed by atoms with Gasteiger partial charge in [-0.2, -0.15) is 0 Å². The van der Waals surface area contributed by atoms with Crippen LogP contribution in [-0.2, 0) is 4.74 Å². The molecule has 2 amide bonds. The minimum absolute atomic E-state index is 0.106. The van der Waals surface area contributed by atoms with E-state index in [0.29, 0.717) is 29.8 Å². The number of morpholine rings is 1. The number of amides is 2. The van der Waals surface area contributed by atoms with Gasteiger partial charge < -0.3 is 4.74 Å². The van der Waals surface area contributed by atoms with E-state index in [2.05, 4.69) is 0 Å². The van der Waals surface area contributed by atoms with Crippen LogP contribution in [0.2, 0.25) is 0 Å². The Labute approximate surface area is 163 Å². The maximum absolute atomic E-state index is 13.5. The first kappa shape index (κ1) is 18.5. The fourth-order valence-electron chi connectivity index (χ4n) is 4.05. The Morgan fingerprint density at radius 2 is 1.39 bits per heavy atom. The molecule has 2 aliphatic heterocycles. The molecule has 2 heterocycles. The number of benzene rings is 2. The van der Waals surface area contributed by atoms with Crippen molar-refractivity contribution in [2.75, 3.05) is 13.1 Å². The molecule has 2 aromatic carbocycles. The molecule has 0 radical (unpaired) electrons. The van der Waals surface area contributed by atoms with Crippen molar-refractivity contribution in [2.45, 2.75) is 32.2 Å². The molecule has 0 saturated carbocycles. The van der Waals surface area contributed by atoms with E-state index in [1.807, 2.05) is 24.8 Å².